The molecule has 0 bridgehead atoms. The minimum absolute atomic E-state index is 0. The summed E-state index contributed by atoms with van der Waals surface area (Å²) in [6.45, 7) is 2.98. The molecule has 1 aromatic rings. The minimum Gasteiger partial charge on any atom is -0.495 e. The van der Waals surface area contributed by atoms with Crippen LogP contribution in [0.15, 0.2) is 23.1 Å². The molecule has 0 unspecified atom stereocenters. The Balaban J connectivity index is 0.00000261. The Hall–Kier alpha value is -1.39. The molecule has 2 heterocycles. The first-order valence-electron chi connectivity index (χ1n) is 8.80. The van der Waals surface area contributed by atoms with Gasteiger partial charge in [0.1, 0.15) is 10.6 Å². The smallest absolute Gasteiger partial charge is 0.246 e. The molecule has 1 aromatic carbocycles. The molecular weight excluding hydrogens is 394 g/mol. The zero-order valence-electron chi connectivity index (χ0n) is 15.3. The largest absolute Gasteiger partial charge is 0.495 e. The maximum Gasteiger partial charge on any atom is 0.246 e. The average Bonchev–Trinajstić information content (AvgIpc) is 2.69. The van der Waals surface area contributed by atoms with Crippen LogP contribution in [0.25, 0.3) is 0 Å². The van der Waals surface area contributed by atoms with E-state index in [1.54, 1.807) is 12.1 Å². The molecule has 0 saturated carbocycles. The first-order valence-corrected chi connectivity index (χ1v) is 10.2. The van der Waals surface area contributed by atoms with E-state index in [1.165, 1.54) is 17.5 Å². The molecule has 2 fully saturated rings. The van der Waals surface area contributed by atoms with Crippen LogP contribution in [0.4, 0.5) is 5.69 Å². The summed E-state index contributed by atoms with van der Waals surface area (Å²) in [7, 11) is -2.29. The lowest BCUT2D eigenvalue weighted by molar-refractivity contribution is -0.120. The first kappa shape index (κ1) is 21.9. The van der Waals surface area contributed by atoms with Crippen LogP contribution in [0.2, 0.25) is 0 Å². The van der Waals surface area contributed by atoms with Crippen molar-refractivity contribution >= 4 is 34.0 Å². The number of ether oxygens (including phenoxy) is 2. The number of benzene rings is 1. The molecular formula is C17H26ClN3O5S. The SMILES string of the molecule is COc1ccc(NC(=O)C2CCNCC2)cc1S(=O)(=O)N1CCOCC1.Cl. The highest BCUT2D eigenvalue weighted by Gasteiger charge is 2.30. The number of sulfonamides is 1. The van der Waals surface area contributed by atoms with Gasteiger partial charge in [-0.25, -0.2) is 8.42 Å². The van der Waals surface area contributed by atoms with Crippen LogP contribution < -0.4 is 15.4 Å². The third kappa shape index (κ3) is 5.11. The lowest BCUT2D eigenvalue weighted by atomic mass is 9.97. The number of hydrogen-bond acceptors (Lipinski definition) is 6. The molecule has 2 aliphatic heterocycles. The first-order chi connectivity index (χ1) is 12.5. The number of anilines is 1. The third-order valence-electron chi connectivity index (χ3n) is 4.73. The van der Waals surface area contributed by atoms with Gasteiger partial charge in [-0.2, -0.15) is 4.31 Å². The minimum atomic E-state index is -3.72. The summed E-state index contributed by atoms with van der Waals surface area (Å²) < 4.78 is 37.8. The fourth-order valence-corrected chi connectivity index (χ4v) is 4.80. The van der Waals surface area contributed by atoms with E-state index in [4.69, 9.17) is 9.47 Å². The highest BCUT2D eigenvalue weighted by atomic mass is 35.5. The zero-order valence-corrected chi connectivity index (χ0v) is 16.9. The summed E-state index contributed by atoms with van der Waals surface area (Å²) >= 11 is 0. The topological polar surface area (TPSA) is 97.0 Å². The van der Waals surface area contributed by atoms with Crippen molar-refractivity contribution in [3.8, 4) is 5.75 Å². The molecule has 0 radical (unpaired) electrons. The Morgan fingerprint density at radius 2 is 1.93 bits per heavy atom. The number of rotatable bonds is 5. The molecule has 3 rings (SSSR count). The number of piperidine rings is 1. The molecule has 0 atom stereocenters. The monoisotopic (exact) mass is 419 g/mol. The van der Waals surface area contributed by atoms with Crippen molar-refractivity contribution in [1.82, 2.24) is 9.62 Å². The van der Waals surface area contributed by atoms with Gasteiger partial charge in [0.25, 0.3) is 0 Å². The molecule has 2 aliphatic rings. The van der Waals surface area contributed by atoms with Gasteiger partial charge >= 0.3 is 0 Å². The summed E-state index contributed by atoms with van der Waals surface area (Å²) in [5, 5.41) is 6.07. The fraction of sp³-hybridized carbons (Fsp3) is 0.588. The number of nitrogens with one attached hydrogen (secondary N) is 2. The fourth-order valence-electron chi connectivity index (χ4n) is 3.21. The van der Waals surface area contributed by atoms with E-state index in [0.717, 1.165) is 25.9 Å². The van der Waals surface area contributed by atoms with Crippen molar-refractivity contribution in [2.24, 2.45) is 5.92 Å². The normalized spacial score (nSPS) is 19.1. The Labute approximate surface area is 166 Å². The van der Waals surface area contributed by atoms with E-state index in [1.807, 2.05) is 0 Å². The van der Waals surface area contributed by atoms with Crippen molar-refractivity contribution in [1.29, 1.82) is 0 Å². The van der Waals surface area contributed by atoms with Crippen LogP contribution in [0.1, 0.15) is 12.8 Å². The molecule has 10 heteroatoms. The predicted octanol–water partition coefficient (Wildman–Crippen LogP) is 1.08. The molecule has 8 nitrogen and oxygen atoms in total. The summed E-state index contributed by atoms with van der Waals surface area (Å²) in [6, 6.07) is 4.71. The Morgan fingerprint density at radius 1 is 1.26 bits per heavy atom. The van der Waals surface area contributed by atoms with E-state index < -0.39 is 10.0 Å². The van der Waals surface area contributed by atoms with Gasteiger partial charge in [-0.15, -0.1) is 12.4 Å². The van der Waals surface area contributed by atoms with Crippen LogP contribution in [0.5, 0.6) is 5.75 Å². The number of carbonyl (C=O) groups excluding carboxylic acids is 1. The van der Waals surface area contributed by atoms with Crippen LogP contribution >= 0.6 is 12.4 Å². The van der Waals surface area contributed by atoms with Crippen LogP contribution in [-0.4, -0.2) is 65.1 Å². The second kappa shape index (κ2) is 9.70. The Kier molecular flexibility index (Phi) is 7.87. The highest BCUT2D eigenvalue weighted by Crippen LogP contribution is 2.30. The second-order valence-corrected chi connectivity index (χ2v) is 8.30. The van der Waals surface area contributed by atoms with Crippen molar-refractivity contribution in [3.05, 3.63) is 18.2 Å². The van der Waals surface area contributed by atoms with Crippen molar-refractivity contribution in [2.75, 3.05) is 51.8 Å². The average molecular weight is 420 g/mol. The number of halogens is 1. The third-order valence-corrected chi connectivity index (χ3v) is 6.65. The van der Waals surface area contributed by atoms with E-state index in [2.05, 4.69) is 10.6 Å². The van der Waals surface area contributed by atoms with Crippen molar-refractivity contribution in [2.45, 2.75) is 17.7 Å². The van der Waals surface area contributed by atoms with Gasteiger partial charge in [-0.3, -0.25) is 4.79 Å². The number of nitrogens with zero attached hydrogens (tertiary/aromatic N) is 1. The van der Waals surface area contributed by atoms with Crippen molar-refractivity contribution in [3.63, 3.8) is 0 Å². The molecule has 152 valence electrons. The van der Waals surface area contributed by atoms with E-state index in [9.17, 15) is 13.2 Å². The summed E-state index contributed by atoms with van der Waals surface area (Å²) in [5.74, 6) is 0.125. The molecule has 2 saturated heterocycles. The van der Waals surface area contributed by atoms with E-state index in [0.29, 0.717) is 32.0 Å². The lowest BCUT2D eigenvalue weighted by Gasteiger charge is -2.27. The van der Waals surface area contributed by atoms with Gasteiger partial charge in [-0.1, -0.05) is 0 Å². The number of amides is 1. The number of morpholine rings is 1. The van der Waals surface area contributed by atoms with Crippen LogP contribution in [0.3, 0.4) is 0 Å². The van der Waals surface area contributed by atoms with Gasteiger partial charge in [-0.05, 0) is 44.1 Å². The molecule has 27 heavy (non-hydrogen) atoms. The lowest BCUT2D eigenvalue weighted by Crippen LogP contribution is -2.40. The van der Waals surface area contributed by atoms with Gasteiger partial charge in [0.2, 0.25) is 15.9 Å². The number of methoxy groups -OCH3 is 1. The molecule has 2 N–H and O–H groups in total. The van der Waals surface area contributed by atoms with Gasteiger partial charge < -0.3 is 20.1 Å². The molecule has 0 spiro atoms. The van der Waals surface area contributed by atoms with Gasteiger partial charge in [0.15, 0.2) is 0 Å². The standard InChI is InChI=1S/C17H25N3O5S.ClH/c1-24-15-3-2-14(19-17(21)13-4-6-18-7-5-13)12-16(15)26(22,23)20-8-10-25-11-9-20;/h2-3,12-13,18H,4-11H2,1H3,(H,19,21);1H. The maximum atomic E-state index is 13.0. The number of carbonyl (C=O) groups is 1. The zero-order chi connectivity index (χ0) is 18.6. The van der Waals surface area contributed by atoms with Gasteiger partial charge in [0, 0.05) is 24.7 Å². The van der Waals surface area contributed by atoms with E-state index in [-0.39, 0.29) is 34.9 Å². The maximum absolute atomic E-state index is 13.0. The van der Waals surface area contributed by atoms with Crippen LogP contribution in [0, 0.1) is 5.92 Å². The summed E-state index contributed by atoms with van der Waals surface area (Å²) in [4.78, 5) is 12.5. The van der Waals surface area contributed by atoms with E-state index >= 15 is 0 Å². The Bertz CT molecular complexity index is 747. The predicted molar refractivity (Wildman–Crippen MR) is 104 cm³/mol. The van der Waals surface area contributed by atoms with Crippen molar-refractivity contribution < 1.29 is 22.7 Å². The highest BCUT2D eigenvalue weighted by molar-refractivity contribution is 7.89. The molecule has 0 aliphatic carbocycles. The quantitative estimate of drug-likeness (QED) is 0.741. The molecule has 0 aromatic heterocycles. The number of hydrogen-bond donors (Lipinski definition) is 2. The summed E-state index contributed by atoms with van der Waals surface area (Å²) in [5.41, 5.74) is 0.459. The molecule has 1 amide bonds. The Morgan fingerprint density at radius 3 is 2.56 bits per heavy atom. The van der Waals surface area contributed by atoms with Gasteiger partial charge in [0.05, 0.1) is 20.3 Å². The second-order valence-electron chi connectivity index (χ2n) is 6.40. The van der Waals surface area contributed by atoms with Crippen LogP contribution in [-0.2, 0) is 19.6 Å². The summed E-state index contributed by atoms with van der Waals surface area (Å²) in [6.07, 6.45) is 1.56.